The third kappa shape index (κ3) is 3.57. The van der Waals surface area contributed by atoms with Gasteiger partial charge in [0.1, 0.15) is 0 Å². The minimum Gasteiger partial charge on any atom is -0.394 e. The molecule has 0 radical (unpaired) electrons. The van der Waals surface area contributed by atoms with Crippen LogP contribution in [0.25, 0.3) is 0 Å². The Labute approximate surface area is 123 Å². The molecule has 0 aliphatic heterocycles. The van der Waals surface area contributed by atoms with E-state index >= 15 is 0 Å². The summed E-state index contributed by atoms with van der Waals surface area (Å²) in [4.78, 5) is 10.0. The Morgan fingerprint density at radius 2 is 2.33 bits per heavy atom. The number of nitrogens with zero attached hydrogens (tertiary/aromatic N) is 1. The zero-order valence-corrected chi connectivity index (χ0v) is 12.1. The maximum atomic E-state index is 14.0. The summed E-state index contributed by atoms with van der Waals surface area (Å²) in [5, 5.41) is 23.7. The second-order valence-electron chi connectivity index (χ2n) is 6.00. The highest BCUT2D eigenvalue weighted by molar-refractivity contribution is 5.36. The van der Waals surface area contributed by atoms with Gasteiger partial charge in [-0.25, -0.2) is 0 Å². The van der Waals surface area contributed by atoms with Crippen LogP contribution in [0, 0.1) is 21.8 Å². The van der Waals surface area contributed by atoms with Gasteiger partial charge in [-0.15, -0.1) is 0 Å². The normalized spacial score (nSPS) is 25.8. The molecule has 2 atom stereocenters. The molecule has 1 aliphatic rings. The molecule has 1 aliphatic carbocycles. The summed E-state index contributed by atoms with van der Waals surface area (Å²) in [5.41, 5.74) is -0.658. The van der Waals surface area contributed by atoms with E-state index in [-0.39, 0.29) is 18.7 Å². The monoisotopic (exact) mass is 296 g/mol. The lowest BCUT2D eigenvalue weighted by Gasteiger charge is -2.39. The molecule has 1 aromatic carbocycles. The van der Waals surface area contributed by atoms with Gasteiger partial charge in [0, 0.05) is 23.7 Å². The van der Waals surface area contributed by atoms with Crippen LogP contribution in [-0.4, -0.2) is 22.2 Å². The highest BCUT2D eigenvalue weighted by Gasteiger charge is 2.34. The van der Waals surface area contributed by atoms with Gasteiger partial charge in [0.2, 0.25) is 5.82 Å². The first-order chi connectivity index (χ1) is 9.97. The largest absolute Gasteiger partial charge is 0.394 e. The zero-order valence-electron chi connectivity index (χ0n) is 12.1. The fraction of sp³-hybridized carbons (Fsp3) is 0.600. The quantitative estimate of drug-likeness (QED) is 0.647. The molecule has 0 heterocycles. The molecule has 116 valence electrons. The van der Waals surface area contributed by atoms with Crippen LogP contribution >= 0.6 is 0 Å². The molecule has 1 saturated carbocycles. The van der Waals surface area contributed by atoms with E-state index in [2.05, 4.69) is 12.2 Å². The standard InChI is InChI=1S/C15H21FN2O3/c1-11-4-3-7-15(8-11,10-19)17-9-12-5-2-6-13(14(12)16)18(20)21/h2,5-6,11,17,19H,3-4,7-10H2,1H3. The Morgan fingerprint density at radius 1 is 1.57 bits per heavy atom. The van der Waals surface area contributed by atoms with Crippen molar-refractivity contribution < 1.29 is 14.4 Å². The number of aliphatic hydroxyl groups is 1. The Hall–Kier alpha value is -1.53. The molecule has 6 heteroatoms. The van der Waals surface area contributed by atoms with Crippen LogP contribution in [0.15, 0.2) is 18.2 Å². The van der Waals surface area contributed by atoms with Crippen molar-refractivity contribution in [3.8, 4) is 0 Å². The smallest absolute Gasteiger partial charge is 0.305 e. The van der Waals surface area contributed by atoms with Crippen molar-refractivity contribution >= 4 is 5.69 Å². The molecule has 21 heavy (non-hydrogen) atoms. The molecule has 1 aromatic rings. The minimum atomic E-state index is -0.799. The SMILES string of the molecule is CC1CCCC(CO)(NCc2cccc([N+](=O)[O-])c2F)C1. The van der Waals surface area contributed by atoms with Crippen LogP contribution in [0.4, 0.5) is 10.1 Å². The van der Waals surface area contributed by atoms with Gasteiger partial charge in [-0.1, -0.05) is 31.9 Å². The van der Waals surface area contributed by atoms with E-state index in [0.29, 0.717) is 5.92 Å². The van der Waals surface area contributed by atoms with Gasteiger partial charge in [-0.2, -0.15) is 4.39 Å². The summed E-state index contributed by atoms with van der Waals surface area (Å²) in [6, 6.07) is 4.17. The van der Waals surface area contributed by atoms with E-state index < -0.39 is 22.0 Å². The lowest BCUT2D eigenvalue weighted by atomic mass is 9.77. The fourth-order valence-electron chi connectivity index (χ4n) is 3.15. The number of rotatable bonds is 5. The second kappa shape index (κ2) is 6.49. The molecule has 0 bridgehead atoms. The number of aliphatic hydroxyl groups excluding tert-OH is 1. The summed E-state index contributed by atoms with van der Waals surface area (Å²) in [6.07, 6.45) is 3.82. The fourth-order valence-corrected chi connectivity index (χ4v) is 3.15. The molecule has 0 aromatic heterocycles. The van der Waals surface area contributed by atoms with E-state index in [1.54, 1.807) is 0 Å². The maximum absolute atomic E-state index is 14.0. The molecule has 0 spiro atoms. The summed E-state index contributed by atoms with van der Waals surface area (Å²) in [5.74, 6) is -0.291. The highest BCUT2D eigenvalue weighted by Crippen LogP contribution is 2.32. The number of nitrogens with one attached hydrogen (secondary N) is 1. The average Bonchev–Trinajstić information content (AvgIpc) is 2.46. The summed E-state index contributed by atoms with van der Waals surface area (Å²) < 4.78 is 14.0. The van der Waals surface area contributed by atoms with E-state index in [4.69, 9.17) is 0 Å². The van der Waals surface area contributed by atoms with Crippen LogP contribution in [0.3, 0.4) is 0 Å². The Balaban J connectivity index is 2.11. The first kappa shape index (κ1) is 15.9. The van der Waals surface area contributed by atoms with Gasteiger partial charge in [-0.05, 0) is 18.8 Å². The molecule has 5 nitrogen and oxygen atoms in total. The van der Waals surface area contributed by atoms with Crippen molar-refractivity contribution in [1.29, 1.82) is 0 Å². The average molecular weight is 296 g/mol. The lowest BCUT2D eigenvalue weighted by molar-refractivity contribution is -0.387. The Kier molecular flexibility index (Phi) is 4.90. The molecule has 2 rings (SSSR count). The highest BCUT2D eigenvalue weighted by atomic mass is 19.1. The van der Waals surface area contributed by atoms with Gasteiger partial charge >= 0.3 is 5.69 Å². The summed E-state index contributed by atoms with van der Waals surface area (Å²) in [7, 11) is 0. The number of hydrogen-bond acceptors (Lipinski definition) is 4. The second-order valence-corrected chi connectivity index (χ2v) is 6.00. The van der Waals surface area contributed by atoms with Crippen LogP contribution in [-0.2, 0) is 6.54 Å². The number of benzene rings is 1. The molecule has 0 saturated heterocycles. The van der Waals surface area contributed by atoms with Crippen molar-refractivity contribution in [1.82, 2.24) is 5.32 Å². The molecule has 1 fully saturated rings. The van der Waals surface area contributed by atoms with Gasteiger partial charge in [0.15, 0.2) is 0 Å². The first-order valence-electron chi connectivity index (χ1n) is 7.25. The number of hydrogen-bond donors (Lipinski definition) is 2. The molecule has 0 amide bonds. The topological polar surface area (TPSA) is 75.4 Å². The third-order valence-corrected chi connectivity index (χ3v) is 4.30. The van der Waals surface area contributed by atoms with Gasteiger partial charge < -0.3 is 10.4 Å². The maximum Gasteiger partial charge on any atom is 0.305 e. The van der Waals surface area contributed by atoms with Gasteiger partial charge in [-0.3, -0.25) is 10.1 Å². The van der Waals surface area contributed by atoms with Gasteiger partial charge in [0.05, 0.1) is 11.5 Å². The van der Waals surface area contributed by atoms with E-state index in [1.807, 2.05) is 0 Å². The van der Waals surface area contributed by atoms with Gasteiger partial charge in [0.25, 0.3) is 0 Å². The Morgan fingerprint density at radius 3 is 2.95 bits per heavy atom. The van der Waals surface area contributed by atoms with Crippen molar-refractivity contribution in [2.24, 2.45) is 5.92 Å². The molecular formula is C15H21FN2O3. The summed E-state index contributed by atoms with van der Waals surface area (Å²) >= 11 is 0. The Bertz CT molecular complexity index is 524. The molecule has 2 unspecified atom stereocenters. The third-order valence-electron chi connectivity index (χ3n) is 4.30. The number of halogens is 1. The van der Waals surface area contributed by atoms with Crippen molar-refractivity contribution in [3.05, 3.63) is 39.7 Å². The van der Waals surface area contributed by atoms with Crippen molar-refractivity contribution in [2.75, 3.05) is 6.61 Å². The predicted octanol–water partition coefficient (Wildman–Crippen LogP) is 2.76. The van der Waals surface area contributed by atoms with Crippen molar-refractivity contribution in [2.45, 2.75) is 44.7 Å². The number of nitro groups is 1. The van der Waals surface area contributed by atoms with Crippen LogP contribution in [0.1, 0.15) is 38.2 Å². The predicted molar refractivity (Wildman–Crippen MR) is 77.3 cm³/mol. The first-order valence-corrected chi connectivity index (χ1v) is 7.25. The van der Waals surface area contributed by atoms with Crippen LogP contribution < -0.4 is 5.32 Å². The van der Waals surface area contributed by atoms with E-state index in [1.165, 1.54) is 12.1 Å². The lowest BCUT2D eigenvalue weighted by Crippen LogP contribution is -2.51. The minimum absolute atomic E-state index is 0.00607. The molecule has 2 N–H and O–H groups in total. The summed E-state index contributed by atoms with van der Waals surface area (Å²) in [6.45, 7) is 2.31. The molecular weight excluding hydrogens is 275 g/mol. The van der Waals surface area contributed by atoms with Crippen LogP contribution in [0.2, 0.25) is 0 Å². The van der Waals surface area contributed by atoms with E-state index in [0.717, 1.165) is 31.7 Å². The van der Waals surface area contributed by atoms with Crippen LogP contribution in [0.5, 0.6) is 0 Å². The zero-order chi connectivity index (χ0) is 15.5. The number of nitro benzene ring substituents is 1. The van der Waals surface area contributed by atoms with E-state index in [9.17, 15) is 19.6 Å². The van der Waals surface area contributed by atoms with Crippen molar-refractivity contribution in [3.63, 3.8) is 0 Å².